The lowest BCUT2D eigenvalue weighted by molar-refractivity contribution is -0.0130. The number of phenols is 2. The van der Waals surface area contributed by atoms with E-state index in [-0.39, 0.29) is 11.4 Å². The Morgan fingerprint density at radius 3 is 2.29 bits per heavy atom. The summed E-state index contributed by atoms with van der Waals surface area (Å²) in [5.41, 5.74) is 3.60. The first-order chi connectivity index (χ1) is 11.5. The van der Waals surface area contributed by atoms with Gasteiger partial charge in [0.15, 0.2) is 0 Å². The fraction of sp³-hybridized carbons (Fsp3) is 0.429. The largest absolute Gasteiger partial charge is 0.508 e. The molecule has 0 unspecified atom stereocenters. The second kappa shape index (κ2) is 5.44. The van der Waals surface area contributed by atoms with Crippen molar-refractivity contribution in [3.63, 3.8) is 0 Å². The summed E-state index contributed by atoms with van der Waals surface area (Å²) in [6.07, 6.45) is 5.33. The lowest BCUT2D eigenvalue weighted by atomic mass is 9.74. The van der Waals surface area contributed by atoms with Crippen LogP contribution in [0.5, 0.6) is 17.2 Å². The number of benzene rings is 2. The van der Waals surface area contributed by atoms with E-state index >= 15 is 0 Å². The molecule has 2 aromatic carbocycles. The Kier molecular flexibility index (Phi) is 3.48. The van der Waals surface area contributed by atoms with Crippen molar-refractivity contribution in [3.8, 4) is 17.2 Å². The molecule has 2 saturated carbocycles. The molecular weight excluding hydrogens is 300 g/mol. The van der Waals surface area contributed by atoms with Gasteiger partial charge in [-0.15, -0.1) is 0 Å². The van der Waals surface area contributed by atoms with E-state index in [1.807, 2.05) is 26.0 Å². The van der Waals surface area contributed by atoms with Crippen LogP contribution in [0.25, 0.3) is 0 Å². The van der Waals surface area contributed by atoms with E-state index in [1.165, 1.54) is 12.8 Å². The summed E-state index contributed by atoms with van der Waals surface area (Å²) in [7, 11) is 0. The zero-order valence-corrected chi connectivity index (χ0v) is 14.3. The summed E-state index contributed by atoms with van der Waals surface area (Å²) >= 11 is 0. The van der Waals surface area contributed by atoms with Crippen molar-refractivity contribution in [1.29, 1.82) is 0 Å². The predicted molar refractivity (Wildman–Crippen MR) is 93.8 cm³/mol. The molecule has 0 amide bonds. The van der Waals surface area contributed by atoms with Crippen molar-refractivity contribution in [2.45, 2.75) is 57.5 Å². The van der Waals surface area contributed by atoms with Crippen LogP contribution in [0.15, 0.2) is 30.3 Å². The second-order valence-corrected chi connectivity index (χ2v) is 7.40. The summed E-state index contributed by atoms with van der Waals surface area (Å²) in [6, 6.07) is 9.71. The zero-order valence-electron chi connectivity index (χ0n) is 14.3. The van der Waals surface area contributed by atoms with Gasteiger partial charge in [0, 0.05) is 6.07 Å². The quantitative estimate of drug-likeness (QED) is 0.827. The fourth-order valence-electron chi connectivity index (χ4n) is 3.66. The lowest BCUT2D eigenvalue weighted by Crippen LogP contribution is -2.40. The van der Waals surface area contributed by atoms with Crippen LogP contribution in [0.2, 0.25) is 0 Å². The minimum atomic E-state index is -0.383. The second-order valence-electron chi connectivity index (χ2n) is 7.40. The summed E-state index contributed by atoms with van der Waals surface area (Å²) in [6.45, 7) is 3.89. The van der Waals surface area contributed by atoms with Crippen LogP contribution in [0.4, 0.5) is 0 Å². The Labute approximate surface area is 142 Å². The molecule has 24 heavy (non-hydrogen) atoms. The molecule has 0 aromatic heterocycles. The number of hydrogen-bond acceptors (Lipinski definition) is 3. The summed E-state index contributed by atoms with van der Waals surface area (Å²) in [5.74, 6) is 1.92. The van der Waals surface area contributed by atoms with Crippen LogP contribution in [0.3, 0.4) is 0 Å². The Hall–Kier alpha value is -2.16. The fourth-order valence-corrected chi connectivity index (χ4v) is 3.66. The van der Waals surface area contributed by atoms with Gasteiger partial charge in [-0.1, -0.05) is 12.1 Å². The molecule has 2 aliphatic rings. The molecule has 4 rings (SSSR count). The first kappa shape index (κ1) is 15.4. The van der Waals surface area contributed by atoms with E-state index in [1.54, 1.807) is 6.07 Å². The molecule has 2 fully saturated rings. The van der Waals surface area contributed by atoms with Crippen LogP contribution in [0.1, 0.15) is 60.3 Å². The monoisotopic (exact) mass is 324 g/mol. The smallest absolute Gasteiger partial charge is 0.134 e. The van der Waals surface area contributed by atoms with Crippen molar-refractivity contribution in [2.75, 3.05) is 0 Å². The normalized spacial score (nSPS) is 18.9. The number of aryl methyl sites for hydroxylation is 2. The van der Waals surface area contributed by atoms with E-state index < -0.39 is 0 Å². The highest BCUT2D eigenvalue weighted by Crippen LogP contribution is 2.49. The minimum absolute atomic E-state index is 0.261. The standard InChI is InChI=1S/C21H24O3/c1-13-10-14(2)20(12-18(13)22)24-21(8-3-9-21)16-6-7-17(15-4-5-15)19(23)11-16/h6-7,10-12,15,22-23H,3-5,8-9H2,1-2H3. The summed E-state index contributed by atoms with van der Waals surface area (Å²) in [4.78, 5) is 0. The predicted octanol–water partition coefficient (Wildman–Crippen LogP) is 5.05. The highest BCUT2D eigenvalue weighted by Gasteiger charge is 2.42. The molecule has 126 valence electrons. The number of rotatable bonds is 4. The van der Waals surface area contributed by atoms with Gasteiger partial charge < -0.3 is 14.9 Å². The Bertz CT molecular complexity index is 786. The molecule has 0 saturated heterocycles. The van der Waals surface area contributed by atoms with Crippen molar-refractivity contribution in [1.82, 2.24) is 0 Å². The third kappa shape index (κ3) is 2.52. The van der Waals surface area contributed by atoms with Crippen molar-refractivity contribution in [2.24, 2.45) is 0 Å². The molecule has 3 nitrogen and oxygen atoms in total. The third-order valence-corrected chi connectivity index (χ3v) is 5.53. The maximum atomic E-state index is 10.4. The van der Waals surface area contributed by atoms with Gasteiger partial charge in [0.1, 0.15) is 22.8 Å². The molecular formula is C21H24O3. The number of hydrogen-bond donors (Lipinski definition) is 2. The number of ether oxygens (including phenoxy) is 1. The molecule has 0 atom stereocenters. The molecule has 0 aliphatic heterocycles. The SMILES string of the molecule is Cc1cc(C)c(OC2(c3ccc(C4CC4)c(O)c3)CCC2)cc1O. The van der Waals surface area contributed by atoms with E-state index in [0.717, 1.165) is 47.3 Å². The van der Waals surface area contributed by atoms with Crippen LogP contribution in [0, 0.1) is 13.8 Å². The van der Waals surface area contributed by atoms with Crippen LogP contribution in [-0.2, 0) is 5.60 Å². The van der Waals surface area contributed by atoms with E-state index in [4.69, 9.17) is 4.74 Å². The molecule has 2 aliphatic carbocycles. The molecule has 2 N–H and O–H groups in total. The third-order valence-electron chi connectivity index (χ3n) is 5.53. The van der Waals surface area contributed by atoms with Gasteiger partial charge in [-0.05, 0) is 86.3 Å². The van der Waals surface area contributed by atoms with E-state index in [0.29, 0.717) is 11.7 Å². The van der Waals surface area contributed by atoms with Gasteiger partial charge in [-0.3, -0.25) is 0 Å². The van der Waals surface area contributed by atoms with Gasteiger partial charge in [-0.25, -0.2) is 0 Å². The Morgan fingerprint density at radius 2 is 1.71 bits per heavy atom. The minimum Gasteiger partial charge on any atom is -0.508 e. The average Bonchev–Trinajstić information content (AvgIpc) is 3.32. The van der Waals surface area contributed by atoms with E-state index in [9.17, 15) is 10.2 Å². The average molecular weight is 324 g/mol. The highest BCUT2D eigenvalue weighted by molar-refractivity contribution is 5.47. The molecule has 3 heteroatoms. The Morgan fingerprint density at radius 1 is 0.958 bits per heavy atom. The maximum Gasteiger partial charge on any atom is 0.134 e. The van der Waals surface area contributed by atoms with Crippen LogP contribution < -0.4 is 4.74 Å². The van der Waals surface area contributed by atoms with Crippen LogP contribution >= 0.6 is 0 Å². The lowest BCUT2D eigenvalue weighted by Gasteiger charge is -2.43. The first-order valence-electron chi connectivity index (χ1n) is 8.81. The van der Waals surface area contributed by atoms with Gasteiger partial charge >= 0.3 is 0 Å². The first-order valence-corrected chi connectivity index (χ1v) is 8.81. The van der Waals surface area contributed by atoms with E-state index in [2.05, 4.69) is 12.1 Å². The molecule has 0 heterocycles. The van der Waals surface area contributed by atoms with Gasteiger partial charge in [0.25, 0.3) is 0 Å². The van der Waals surface area contributed by atoms with Gasteiger partial charge in [-0.2, -0.15) is 0 Å². The molecule has 2 aromatic rings. The summed E-state index contributed by atoms with van der Waals surface area (Å²) in [5, 5.41) is 20.4. The van der Waals surface area contributed by atoms with Crippen molar-refractivity contribution < 1.29 is 14.9 Å². The maximum absolute atomic E-state index is 10.4. The summed E-state index contributed by atoms with van der Waals surface area (Å²) < 4.78 is 6.39. The molecule has 0 radical (unpaired) electrons. The number of phenolic OH excluding ortho intramolecular Hbond substituents is 2. The van der Waals surface area contributed by atoms with Crippen molar-refractivity contribution in [3.05, 3.63) is 52.6 Å². The van der Waals surface area contributed by atoms with Crippen LogP contribution in [-0.4, -0.2) is 10.2 Å². The number of aromatic hydroxyl groups is 2. The molecule has 0 spiro atoms. The van der Waals surface area contributed by atoms with Gasteiger partial charge in [0.05, 0.1) is 0 Å². The topological polar surface area (TPSA) is 49.7 Å². The van der Waals surface area contributed by atoms with Gasteiger partial charge in [0.2, 0.25) is 0 Å². The van der Waals surface area contributed by atoms with Crippen molar-refractivity contribution >= 4 is 0 Å². The molecule has 0 bridgehead atoms. The highest BCUT2D eigenvalue weighted by atomic mass is 16.5. The Balaban J connectivity index is 1.67. The zero-order chi connectivity index (χ0) is 16.9.